The van der Waals surface area contributed by atoms with E-state index in [0.29, 0.717) is 16.5 Å². The van der Waals surface area contributed by atoms with E-state index < -0.39 is 0 Å². The molecule has 3 rings (SSSR count). The fourth-order valence-electron chi connectivity index (χ4n) is 2.20. The molecule has 0 bridgehead atoms. The van der Waals surface area contributed by atoms with Gasteiger partial charge in [-0.1, -0.05) is 29.8 Å². The largest absolute Gasteiger partial charge is 0.398 e. The van der Waals surface area contributed by atoms with E-state index in [2.05, 4.69) is 15.5 Å². The highest BCUT2D eigenvalue weighted by Gasteiger charge is 2.15. The molecule has 0 radical (unpaired) electrons. The summed E-state index contributed by atoms with van der Waals surface area (Å²) in [5, 5.41) is 12.5. The molecule has 6 heteroatoms. The topological polar surface area (TPSA) is 69.6 Å². The Labute approximate surface area is 127 Å². The van der Waals surface area contributed by atoms with Crippen LogP contribution in [0.15, 0.2) is 36.4 Å². The molecule has 0 unspecified atom stereocenters. The molecule has 21 heavy (non-hydrogen) atoms. The number of nitrogens with two attached hydrogens (primary N) is 1. The fraction of sp³-hybridized carbons (Fsp3) is 0.133. The predicted octanol–water partition coefficient (Wildman–Crippen LogP) is 3.18. The van der Waals surface area contributed by atoms with Gasteiger partial charge in [-0.2, -0.15) is 4.68 Å². The second kappa shape index (κ2) is 5.18. The highest BCUT2D eigenvalue weighted by Crippen LogP contribution is 2.29. The molecular formula is C15H14ClN5. The quantitative estimate of drug-likeness (QED) is 0.738. The van der Waals surface area contributed by atoms with Crippen LogP contribution in [0.3, 0.4) is 0 Å². The van der Waals surface area contributed by atoms with Crippen LogP contribution in [0, 0.1) is 13.8 Å². The van der Waals surface area contributed by atoms with Gasteiger partial charge in [0.05, 0.1) is 10.7 Å². The van der Waals surface area contributed by atoms with E-state index in [1.807, 2.05) is 50.2 Å². The lowest BCUT2D eigenvalue weighted by molar-refractivity contribution is 0.791. The Hall–Kier alpha value is -2.40. The van der Waals surface area contributed by atoms with E-state index in [9.17, 15) is 0 Å². The fourth-order valence-corrected chi connectivity index (χ4v) is 2.51. The number of nitrogen functional groups attached to an aromatic ring is 1. The lowest BCUT2D eigenvalue weighted by Gasteiger charge is -2.10. The molecule has 0 fully saturated rings. The maximum absolute atomic E-state index is 6.31. The van der Waals surface area contributed by atoms with Gasteiger partial charge in [-0.05, 0) is 53.6 Å². The van der Waals surface area contributed by atoms with Gasteiger partial charge >= 0.3 is 0 Å². The minimum atomic E-state index is 0.602. The summed E-state index contributed by atoms with van der Waals surface area (Å²) in [5.41, 5.74) is 10.3. The Kier molecular flexibility index (Phi) is 3.35. The Morgan fingerprint density at radius 1 is 1.14 bits per heavy atom. The number of rotatable bonds is 2. The molecule has 0 saturated carbocycles. The number of tetrazole rings is 1. The van der Waals surface area contributed by atoms with Crippen LogP contribution in [-0.4, -0.2) is 20.2 Å². The van der Waals surface area contributed by atoms with E-state index in [1.165, 1.54) is 0 Å². The molecule has 0 aliphatic carbocycles. The molecule has 3 aromatic rings. The third kappa shape index (κ3) is 2.36. The normalized spacial score (nSPS) is 10.8. The molecule has 0 spiro atoms. The van der Waals surface area contributed by atoms with Crippen molar-refractivity contribution in [2.24, 2.45) is 0 Å². The molecule has 0 saturated heterocycles. The summed E-state index contributed by atoms with van der Waals surface area (Å²) >= 11 is 6.31. The highest BCUT2D eigenvalue weighted by atomic mass is 35.5. The molecule has 0 aliphatic heterocycles. The minimum Gasteiger partial charge on any atom is -0.398 e. The Balaban J connectivity index is 2.20. The molecule has 0 aliphatic rings. The van der Waals surface area contributed by atoms with Crippen LogP contribution >= 0.6 is 11.6 Å². The number of hydrogen-bond acceptors (Lipinski definition) is 4. The first kappa shape index (κ1) is 13.6. The van der Waals surface area contributed by atoms with Crippen LogP contribution < -0.4 is 5.73 Å². The van der Waals surface area contributed by atoms with Crippen LogP contribution in [-0.2, 0) is 0 Å². The molecule has 2 N–H and O–H groups in total. The van der Waals surface area contributed by atoms with E-state index in [1.54, 1.807) is 4.68 Å². The number of benzene rings is 2. The SMILES string of the molecule is Cc1ccc(-n2nnnc2-c2cccc(N)c2C)c(Cl)c1. The van der Waals surface area contributed by atoms with Crippen molar-refractivity contribution in [2.75, 3.05) is 5.73 Å². The predicted molar refractivity (Wildman–Crippen MR) is 83.5 cm³/mol. The van der Waals surface area contributed by atoms with Gasteiger partial charge in [0.25, 0.3) is 0 Å². The van der Waals surface area contributed by atoms with Crippen molar-refractivity contribution in [3.8, 4) is 17.1 Å². The maximum Gasteiger partial charge on any atom is 0.187 e. The number of aryl methyl sites for hydroxylation is 1. The summed E-state index contributed by atoms with van der Waals surface area (Å²) in [5.74, 6) is 0.616. The van der Waals surface area contributed by atoms with Crippen molar-refractivity contribution in [1.82, 2.24) is 20.2 Å². The zero-order valence-corrected chi connectivity index (χ0v) is 12.5. The zero-order chi connectivity index (χ0) is 15.0. The number of hydrogen-bond donors (Lipinski definition) is 1. The summed E-state index contributed by atoms with van der Waals surface area (Å²) in [7, 11) is 0. The van der Waals surface area contributed by atoms with E-state index in [0.717, 1.165) is 22.4 Å². The molecule has 0 atom stereocenters. The smallest absolute Gasteiger partial charge is 0.187 e. The third-order valence-corrected chi connectivity index (χ3v) is 3.72. The summed E-state index contributed by atoms with van der Waals surface area (Å²) < 4.78 is 1.63. The van der Waals surface area contributed by atoms with Crippen molar-refractivity contribution >= 4 is 17.3 Å². The van der Waals surface area contributed by atoms with Gasteiger partial charge in [-0.15, -0.1) is 5.10 Å². The molecule has 2 aromatic carbocycles. The van der Waals surface area contributed by atoms with Gasteiger partial charge in [0.2, 0.25) is 0 Å². The third-order valence-electron chi connectivity index (χ3n) is 3.42. The van der Waals surface area contributed by atoms with Crippen molar-refractivity contribution in [3.05, 3.63) is 52.5 Å². The standard InChI is InChI=1S/C15H14ClN5/c1-9-6-7-14(12(16)8-9)21-15(18-19-20-21)11-4-3-5-13(17)10(11)2/h3-8H,17H2,1-2H3. The molecule has 106 valence electrons. The maximum atomic E-state index is 6.31. The average Bonchev–Trinajstić information content (AvgIpc) is 2.91. The zero-order valence-electron chi connectivity index (χ0n) is 11.7. The molecule has 5 nitrogen and oxygen atoms in total. The van der Waals surface area contributed by atoms with Gasteiger partial charge < -0.3 is 5.73 Å². The second-order valence-electron chi connectivity index (χ2n) is 4.89. The number of nitrogens with zero attached hydrogens (tertiary/aromatic N) is 4. The van der Waals surface area contributed by atoms with Gasteiger partial charge in [0.15, 0.2) is 5.82 Å². The molecule has 1 aromatic heterocycles. The first-order valence-corrected chi connectivity index (χ1v) is 6.86. The number of aromatic nitrogens is 4. The van der Waals surface area contributed by atoms with Crippen molar-refractivity contribution in [2.45, 2.75) is 13.8 Å². The van der Waals surface area contributed by atoms with Gasteiger partial charge in [0, 0.05) is 11.3 Å². The monoisotopic (exact) mass is 299 g/mol. The lowest BCUT2D eigenvalue weighted by Crippen LogP contribution is -2.02. The van der Waals surface area contributed by atoms with Crippen LogP contribution in [0.2, 0.25) is 5.02 Å². The van der Waals surface area contributed by atoms with Gasteiger partial charge in [-0.25, -0.2) is 0 Å². The van der Waals surface area contributed by atoms with Crippen LogP contribution in [0.5, 0.6) is 0 Å². The van der Waals surface area contributed by atoms with Crippen molar-refractivity contribution < 1.29 is 0 Å². The van der Waals surface area contributed by atoms with Crippen LogP contribution in [0.4, 0.5) is 5.69 Å². The Morgan fingerprint density at radius 3 is 2.71 bits per heavy atom. The Bertz CT molecular complexity index is 810. The average molecular weight is 300 g/mol. The molecule has 1 heterocycles. The second-order valence-corrected chi connectivity index (χ2v) is 5.30. The minimum absolute atomic E-state index is 0.602. The number of anilines is 1. The summed E-state index contributed by atoms with van der Waals surface area (Å²) in [6.07, 6.45) is 0. The van der Waals surface area contributed by atoms with Crippen molar-refractivity contribution in [3.63, 3.8) is 0 Å². The number of halogens is 1. The molecular weight excluding hydrogens is 286 g/mol. The van der Waals surface area contributed by atoms with Crippen LogP contribution in [0.25, 0.3) is 17.1 Å². The lowest BCUT2D eigenvalue weighted by atomic mass is 10.1. The van der Waals surface area contributed by atoms with E-state index in [-0.39, 0.29) is 0 Å². The van der Waals surface area contributed by atoms with Gasteiger partial charge in [-0.3, -0.25) is 0 Å². The van der Waals surface area contributed by atoms with E-state index >= 15 is 0 Å². The van der Waals surface area contributed by atoms with Crippen LogP contribution in [0.1, 0.15) is 11.1 Å². The Morgan fingerprint density at radius 2 is 1.95 bits per heavy atom. The summed E-state index contributed by atoms with van der Waals surface area (Å²) in [6, 6.07) is 11.4. The highest BCUT2D eigenvalue weighted by molar-refractivity contribution is 6.32. The first-order chi connectivity index (χ1) is 10.1. The summed E-state index contributed by atoms with van der Waals surface area (Å²) in [4.78, 5) is 0. The van der Waals surface area contributed by atoms with Gasteiger partial charge in [0.1, 0.15) is 0 Å². The summed E-state index contributed by atoms with van der Waals surface area (Å²) in [6.45, 7) is 3.93. The molecule has 0 amide bonds. The van der Waals surface area contributed by atoms with Crippen molar-refractivity contribution in [1.29, 1.82) is 0 Å². The van der Waals surface area contributed by atoms with E-state index in [4.69, 9.17) is 17.3 Å². The first-order valence-electron chi connectivity index (χ1n) is 6.48.